The van der Waals surface area contributed by atoms with Gasteiger partial charge in [0.15, 0.2) is 30.2 Å². The second kappa shape index (κ2) is 15.9. The highest BCUT2D eigenvalue weighted by molar-refractivity contribution is 6.31. The number of amides is 1. The van der Waals surface area contributed by atoms with Gasteiger partial charge in [-0.2, -0.15) is 0 Å². The Bertz CT molecular complexity index is 2280. The molecule has 2 fully saturated rings. The van der Waals surface area contributed by atoms with E-state index in [0.29, 0.717) is 0 Å². The molecule has 13 N–H and O–H groups in total. The van der Waals surface area contributed by atoms with E-state index in [4.69, 9.17) is 29.4 Å². The number of carbonyl (C=O) groups excluding carboxylic acids is 3. The van der Waals surface area contributed by atoms with Gasteiger partial charge >= 0.3 is 5.97 Å². The zero-order chi connectivity index (χ0) is 43.8. The normalized spacial score (nSPS) is 30.1. The SMILES string of the molecule is COc1cc(O)c2c(c1)C(=O)c1c(cc3c(c1O)-c1c(cc(C)c(C(=O)N[C@H](CO)C(=O)O)c1O)[C@H](O[C@@H]1O[C@H](C)[C@H](N)[C@H](O[C@@H]4OC[C@@H](O)[C@H](O)[C@H]4O)[C@H]1O)[C@H]3O)C2=O. The molecular weight excluding hydrogens is 800 g/mol. The van der Waals surface area contributed by atoms with Crippen LogP contribution in [0.5, 0.6) is 23.0 Å². The molecule has 0 radical (unpaired) electrons. The lowest BCUT2D eigenvalue weighted by Crippen LogP contribution is -2.64. The van der Waals surface area contributed by atoms with Crippen LogP contribution in [-0.4, -0.2) is 156 Å². The number of aliphatic carboxylic acids is 1. The molecule has 2 heterocycles. The number of hydrogen-bond donors (Lipinski definition) is 12. The molecule has 3 aromatic rings. The predicted molar refractivity (Wildman–Crippen MR) is 197 cm³/mol. The van der Waals surface area contributed by atoms with E-state index < -0.39 is 161 Å². The quantitative estimate of drug-likeness (QED) is 0.0875. The average Bonchev–Trinajstić information content (AvgIpc) is 3.20. The molecule has 2 saturated heterocycles. The van der Waals surface area contributed by atoms with Gasteiger partial charge in [0.25, 0.3) is 5.91 Å². The summed E-state index contributed by atoms with van der Waals surface area (Å²) in [7, 11) is 1.25. The number of nitrogens with two attached hydrogens (primary N) is 1. The summed E-state index contributed by atoms with van der Waals surface area (Å²) >= 11 is 0. The van der Waals surface area contributed by atoms with Crippen LogP contribution >= 0.6 is 0 Å². The summed E-state index contributed by atoms with van der Waals surface area (Å²) in [5, 5.41) is 110. The van der Waals surface area contributed by atoms with Crippen molar-refractivity contribution in [2.75, 3.05) is 20.3 Å². The van der Waals surface area contributed by atoms with Crippen LogP contribution in [0, 0.1) is 6.92 Å². The van der Waals surface area contributed by atoms with Crippen molar-refractivity contribution in [3.05, 3.63) is 68.8 Å². The van der Waals surface area contributed by atoms with Crippen molar-refractivity contribution >= 4 is 23.4 Å². The number of ketones is 2. The van der Waals surface area contributed by atoms with Gasteiger partial charge in [0.05, 0.1) is 49.2 Å². The third-order valence-electron chi connectivity index (χ3n) is 11.2. The second-order valence-corrected chi connectivity index (χ2v) is 14.9. The number of fused-ring (bicyclic) bond motifs is 5. The van der Waals surface area contributed by atoms with E-state index in [-0.39, 0.29) is 28.0 Å². The minimum atomic E-state index is -1.94. The number of aryl methyl sites for hydroxylation is 1. The summed E-state index contributed by atoms with van der Waals surface area (Å²) in [5.41, 5.74) is 2.38. The molecular formula is C39H42N2O19. The topological polar surface area (TPSA) is 355 Å². The number of ether oxygens (including phenoxy) is 5. The molecule has 21 nitrogen and oxygen atoms in total. The molecule has 2 aliphatic carbocycles. The van der Waals surface area contributed by atoms with Crippen molar-refractivity contribution < 1.29 is 93.9 Å². The first kappa shape index (κ1) is 42.8. The van der Waals surface area contributed by atoms with E-state index in [0.717, 1.165) is 12.1 Å². The molecule has 0 saturated carbocycles. The number of carboxylic acid groups (broad SMARTS) is 1. The highest BCUT2D eigenvalue weighted by Crippen LogP contribution is 2.57. The van der Waals surface area contributed by atoms with Gasteiger partial charge in [-0.1, -0.05) is 6.07 Å². The molecule has 3 aromatic carbocycles. The number of carbonyl (C=O) groups is 4. The number of aromatic hydroxyl groups is 3. The van der Waals surface area contributed by atoms with Crippen LogP contribution in [0.4, 0.5) is 0 Å². The Morgan fingerprint density at radius 3 is 2.17 bits per heavy atom. The van der Waals surface area contributed by atoms with Crippen molar-refractivity contribution in [2.45, 2.75) is 87.3 Å². The van der Waals surface area contributed by atoms with Gasteiger partial charge in [0, 0.05) is 28.3 Å². The smallest absolute Gasteiger partial charge is 0.328 e. The van der Waals surface area contributed by atoms with Crippen LogP contribution < -0.4 is 15.8 Å². The van der Waals surface area contributed by atoms with Crippen molar-refractivity contribution in [2.24, 2.45) is 5.73 Å². The van der Waals surface area contributed by atoms with E-state index in [9.17, 15) is 70.2 Å². The highest BCUT2D eigenvalue weighted by Gasteiger charge is 2.51. The van der Waals surface area contributed by atoms with Gasteiger partial charge in [0.2, 0.25) is 0 Å². The van der Waals surface area contributed by atoms with Gasteiger partial charge in [-0.3, -0.25) is 14.4 Å². The van der Waals surface area contributed by atoms with Gasteiger partial charge in [0.1, 0.15) is 65.7 Å². The summed E-state index contributed by atoms with van der Waals surface area (Å²) in [6, 6.07) is 1.56. The largest absolute Gasteiger partial charge is 0.507 e. The van der Waals surface area contributed by atoms with Gasteiger partial charge in [-0.05, 0) is 42.7 Å². The van der Waals surface area contributed by atoms with Crippen LogP contribution in [0.3, 0.4) is 0 Å². The summed E-state index contributed by atoms with van der Waals surface area (Å²) in [5.74, 6) is -7.24. The Morgan fingerprint density at radius 2 is 1.52 bits per heavy atom. The number of methoxy groups -OCH3 is 1. The Kier molecular flexibility index (Phi) is 11.4. The molecule has 1 amide bonds. The molecule has 2 aliphatic heterocycles. The van der Waals surface area contributed by atoms with E-state index in [2.05, 4.69) is 5.32 Å². The van der Waals surface area contributed by atoms with Crippen LogP contribution in [0.25, 0.3) is 11.1 Å². The van der Waals surface area contributed by atoms with E-state index in [1.807, 2.05) is 0 Å². The van der Waals surface area contributed by atoms with Crippen LogP contribution in [0.1, 0.15) is 78.0 Å². The van der Waals surface area contributed by atoms with E-state index >= 15 is 0 Å². The van der Waals surface area contributed by atoms with Crippen molar-refractivity contribution in [3.8, 4) is 34.1 Å². The number of phenols is 3. The number of phenolic OH excluding ortho intramolecular Hbond substituents is 3. The van der Waals surface area contributed by atoms with Crippen molar-refractivity contribution in [3.63, 3.8) is 0 Å². The molecule has 0 bridgehead atoms. The number of hydrogen-bond acceptors (Lipinski definition) is 19. The molecule has 322 valence electrons. The Hall–Kier alpha value is -5.30. The van der Waals surface area contributed by atoms with E-state index in [1.54, 1.807) is 0 Å². The monoisotopic (exact) mass is 842 g/mol. The summed E-state index contributed by atoms with van der Waals surface area (Å²) in [6.07, 6.45) is -16.2. The lowest BCUT2D eigenvalue weighted by Gasteiger charge is -2.46. The minimum Gasteiger partial charge on any atom is -0.507 e. The summed E-state index contributed by atoms with van der Waals surface area (Å²) < 4.78 is 28.4. The first-order chi connectivity index (χ1) is 28.3. The Balaban J connectivity index is 1.37. The number of benzene rings is 3. The minimum absolute atomic E-state index is 0.00533. The van der Waals surface area contributed by atoms with Gasteiger partial charge < -0.3 is 85.8 Å². The maximum absolute atomic E-state index is 14.1. The fourth-order valence-corrected chi connectivity index (χ4v) is 8.01. The fraction of sp³-hybridized carbons (Fsp3) is 0.436. The van der Waals surface area contributed by atoms with Crippen LogP contribution in [0.2, 0.25) is 0 Å². The highest BCUT2D eigenvalue weighted by atomic mass is 16.7. The molecule has 0 spiro atoms. The van der Waals surface area contributed by atoms with Gasteiger partial charge in [-0.15, -0.1) is 0 Å². The maximum atomic E-state index is 14.1. The molecule has 0 aromatic heterocycles. The standard InChI is InChI=1S/C39H42N2O19/c1-10-4-16-23(30(49)20(10)36(53)41-17(8-42)37(54)55)22-14(7-15-24(31(22)50)27(46)13-5-12(56-3)6-18(43)21(13)26(15)45)28(47)34(16)59-39-33(52)35(25(40)11(2)58-39)60-38-32(51)29(48)19(44)9-57-38/h4-7,11,17,19,25,28-29,32-35,38-39,42-44,47-52H,8-9,40H2,1-3H3,(H,41,53)(H,54,55)/t11-,17-,19-,25+,28+,29+,32-,33-,34+,35+,38+,39+/m1/s1. The van der Waals surface area contributed by atoms with Crippen molar-refractivity contribution in [1.82, 2.24) is 5.32 Å². The average molecular weight is 843 g/mol. The summed E-state index contributed by atoms with van der Waals surface area (Å²) in [4.78, 5) is 53.3. The second-order valence-electron chi connectivity index (χ2n) is 14.9. The maximum Gasteiger partial charge on any atom is 0.328 e. The third kappa shape index (κ3) is 6.82. The molecule has 21 heteroatoms. The number of aliphatic hydroxyl groups is 6. The number of rotatable bonds is 9. The first-order valence-electron chi connectivity index (χ1n) is 18.5. The Morgan fingerprint density at radius 1 is 0.867 bits per heavy atom. The fourth-order valence-electron chi connectivity index (χ4n) is 8.01. The molecule has 60 heavy (non-hydrogen) atoms. The lowest BCUT2D eigenvalue weighted by molar-refractivity contribution is -0.337. The number of nitrogens with one attached hydrogen (secondary N) is 1. The Labute approximate surface area is 338 Å². The van der Waals surface area contributed by atoms with Crippen LogP contribution in [0.15, 0.2) is 24.3 Å². The van der Waals surface area contributed by atoms with E-state index in [1.165, 1.54) is 33.1 Å². The number of aliphatic hydroxyl groups excluding tert-OH is 6. The molecule has 0 unspecified atom stereocenters. The molecule has 4 aliphatic rings. The van der Waals surface area contributed by atoms with Gasteiger partial charge in [-0.25, -0.2) is 4.79 Å². The molecule has 12 atom stereocenters. The third-order valence-corrected chi connectivity index (χ3v) is 11.2. The summed E-state index contributed by atoms with van der Waals surface area (Å²) in [6.45, 7) is 1.33. The first-order valence-corrected chi connectivity index (χ1v) is 18.5. The lowest BCUT2D eigenvalue weighted by atomic mass is 9.74. The number of carboxylic acids is 1. The van der Waals surface area contributed by atoms with Crippen LogP contribution in [-0.2, 0) is 23.7 Å². The predicted octanol–water partition coefficient (Wildman–Crippen LogP) is -1.90. The zero-order valence-corrected chi connectivity index (χ0v) is 31.9. The molecule has 7 rings (SSSR count). The van der Waals surface area contributed by atoms with Crippen molar-refractivity contribution in [1.29, 1.82) is 0 Å². The zero-order valence-electron chi connectivity index (χ0n) is 31.9.